The average Bonchev–Trinajstić information content (AvgIpc) is 2.58. The van der Waals surface area contributed by atoms with E-state index < -0.39 is 5.56 Å². The van der Waals surface area contributed by atoms with E-state index in [2.05, 4.69) is 0 Å². The summed E-state index contributed by atoms with van der Waals surface area (Å²) in [6.07, 6.45) is 3.33. The van der Waals surface area contributed by atoms with Crippen LogP contribution in [0, 0.1) is 5.92 Å². The normalized spacial score (nSPS) is 12.9. The Balaban J connectivity index is 2.73. The number of anilines is 1. The second-order valence-electron chi connectivity index (χ2n) is 6.02. The highest BCUT2D eigenvalue weighted by Crippen LogP contribution is 2.20. The number of carbonyl (C=O) groups excluding carboxylic acids is 1. The van der Waals surface area contributed by atoms with Gasteiger partial charge in [0.15, 0.2) is 0 Å². The first-order valence-corrected chi connectivity index (χ1v) is 9.17. The molecule has 0 bridgehead atoms. The maximum absolute atomic E-state index is 12.0. The number of allylic oxidation sites excluding steroid dienone is 2. The fourth-order valence-corrected chi connectivity index (χ4v) is 3.02. The Bertz CT molecular complexity index is 727. The van der Waals surface area contributed by atoms with Crippen LogP contribution in [0.1, 0.15) is 32.9 Å². The Hall–Kier alpha value is -1.96. The molecule has 0 saturated carbocycles. The zero-order valence-corrected chi connectivity index (χ0v) is 16.3. The van der Waals surface area contributed by atoms with Crippen molar-refractivity contribution in [1.82, 2.24) is 9.13 Å². The second-order valence-corrected chi connectivity index (χ2v) is 7.24. The zero-order chi connectivity index (χ0) is 19.1. The summed E-state index contributed by atoms with van der Waals surface area (Å²) >= 11 is 1.44. The lowest BCUT2D eigenvalue weighted by molar-refractivity contribution is -0.139. The van der Waals surface area contributed by atoms with E-state index in [1.165, 1.54) is 23.4 Å². The van der Waals surface area contributed by atoms with E-state index >= 15 is 0 Å². The number of nitrogens with two attached hydrogens (primary N) is 1. The minimum Gasteiger partial charge on any atom is -0.465 e. The molecule has 7 nitrogen and oxygen atoms in total. The molecule has 2 N–H and O–H groups in total. The number of esters is 1. The predicted octanol–water partition coefficient (Wildman–Crippen LogP) is 1.44. The number of thioether (sulfide) groups is 1. The van der Waals surface area contributed by atoms with E-state index in [0.717, 1.165) is 15.9 Å². The number of hydrogen-bond donors (Lipinski definition) is 1. The number of rotatable bonds is 8. The van der Waals surface area contributed by atoms with Gasteiger partial charge in [0.1, 0.15) is 5.69 Å². The first-order chi connectivity index (χ1) is 11.7. The van der Waals surface area contributed by atoms with Gasteiger partial charge in [0, 0.05) is 14.1 Å². The highest BCUT2D eigenvalue weighted by Gasteiger charge is 2.15. The first kappa shape index (κ1) is 21.1. The highest BCUT2D eigenvalue weighted by molar-refractivity contribution is 8.03. The van der Waals surface area contributed by atoms with Gasteiger partial charge in [-0.25, -0.2) is 4.79 Å². The van der Waals surface area contributed by atoms with Gasteiger partial charge in [-0.15, -0.1) is 11.8 Å². The minimum absolute atomic E-state index is 0.119. The topological polar surface area (TPSA) is 96.3 Å². The molecule has 0 aliphatic heterocycles. The number of aromatic nitrogens is 2. The number of nitrogens with zero attached hydrogens (tertiary/aromatic N) is 2. The third-order valence-electron chi connectivity index (χ3n) is 3.90. The Labute approximate surface area is 151 Å². The van der Waals surface area contributed by atoms with Crippen molar-refractivity contribution in [2.45, 2.75) is 33.6 Å². The standard InChI is InChI=1S/C17H27N3O4S/c1-6-24-14(21)10-25-12(3)8-7-11(2)9-13-15(18)16(22)20(5)17(23)19(13)4/h8,11H,6-7,9-10,18H2,1-5H3/b12-8-. The average molecular weight is 369 g/mol. The van der Waals surface area contributed by atoms with E-state index in [4.69, 9.17) is 10.5 Å². The molecule has 0 aliphatic carbocycles. The van der Waals surface area contributed by atoms with Gasteiger partial charge in [-0.3, -0.25) is 18.7 Å². The number of ether oxygens (including phenoxy) is 1. The van der Waals surface area contributed by atoms with Crippen molar-refractivity contribution in [3.8, 4) is 0 Å². The van der Waals surface area contributed by atoms with Crippen LogP contribution >= 0.6 is 11.8 Å². The van der Waals surface area contributed by atoms with Crippen LogP contribution in [0.2, 0.25) is 0 Å². The van der Waals surface area contributed by atoms with Crippen LogP contribution in [0.3, 0.4) is 0 Å². The molecule has 140 valence electrons. The summed E-state index contributed by atoms with van der Waals surface area (Å²) < 4.78 is 7.33. The van der Waals surface area contributed by atoms with Gasteiger partial charge in [0.25, 0.3) is 5.56 Å². The molecule has 1 heterocycles. The summed E-state index contributed by atoms with van der Waals surface area (Å²) in [5.41, 5.74) is 5.75. The molecule has 0 spiro atoms. The monoisotopic (exact) mass is 369 g/mol. The van der Waals surface area contributed by atoms with Crippen molar-refractivity contribution in [3.63, 3.8) is 0 Å². The minimum atomic E-state index is -0.456. The number of hydrogen-bond acceptors (Lipinski definition) is 6. The lowest BCUT2D eigenvalue weighted by Gasteiger charge is -2.16. The lowest BCUT2D eigenvalue weighted by atomic mass is 10.0. The summed E-state index contributed by atoms with van der Waals surface area (Å²) in [5, 5.41) is 0. The largest absolute Gasteiger partial charge is 0.465 e. The molecule has 0 fully saturated rings. The summed E-state index contributed by atoms with van der Waals surface area (Å²) in [5.74, 6) is 0.259. The Morgan fingerprint density at radius 2 is 1.96 bits per heavy atom. The third-order valence-corrected chi connectivity index (χ3v) is 4.90. The van der Waals surface area contributed by atoms with E-state index in [1.54, 1.807) is 14.0 Å². The molecule has 0 saturated heterocycles. The van der Waals surface area contributed by atoms with Gasteiger partial charge in [0.2, 0.25) is 0 Å². The van der Waals surface area contributed by atoms with E-state index in [-0.39, 0.29) is 23.3 Å². The van der Waals surface area contributed by atoms with Crippen LogP contribution < -0.4 is 17.0 Å². The molecule has 1 aromatic heterocycles. The number of carbonyl (C=O) groups is 1. The van der Waals surface area contributed by atoms with Crippen LogP contribution in [0.4, 0.5) is 5.69 Å². The molecule has 0 amide bonds. The van der Waals surface area contributed by atoms with Crippen molar-refractivity contribution in [2.75, 3.05) is 18.1 Å². The molecule has 0 aromatic carbocycles. The van der Waals surface area contributed by atoms with Crippen LogP contribution in [-0.4, -0.2) is 27.5 Å². The second kappa shape index (κ2) is 9.50. The number of nitrogen functional groups attached to an aromatic ring is 1. The van der Waals surface area contributed by atoms with Crippen molar-refractivity contribution >= 4 is 23.4 Å². The Kier molecular flexibility index (Phi) is 8.02. The molecule has 0 radical (unpaired) electrons. The summed E-state index contributed by atoms with van der Waals surface area (Å²) in [4.78, 5) is 36.4. The van der Waals surface area contributed by atoms with Crippen molar-refractivity contribution < 1.29 is 9.53 Å². The molecule has 1 aromatic rings. The lowest BCUT2D eigenvalue weighted by Crippen LogP contribution is -2.40. The Morgan fingerprint density at radius 1 is 1.32 bits per heavy atom. The van der Waals surface area contributed by atoms with Crippen molar-refractivity contribution in [3.05, 3.63) is 37.5 Å². The molecule has 0 aliphatic rings. The third kappa shape index (κ3) is 5.81. The molecule has 1 atom stereocenters. The van der Waals surface area contributed by atoms with Gasteiger partial charge in [-0.05, 0) is 37.5 Å². The van der Waals surface area contributed by atoms with Crippen molar-refractivity contribution in [1.29, 1.82) is 0 Å². The Morgan fingerprint density at radius 3 is 2.56 bits per heavy atom. The summed E-state index contributed by atoms with van der Waals surface area (Å²) in [6.45, 7) is 6.14. The van der Waals surface area contributed by atoms with Crippen LogP contribution in [0.5, 0.6) is 0 Å². The zero-order valence-electron chi connectivity index (χ0n) is 15.5. The molecular weight excluding hydrogens is 342 g/mol. The fourth-order valence-electron chi connectivity index (χ4n) is 2.37. The maximum atomic E-state index is 12.0. The van der Waals surface area contributed by atoms with Gasteiger partial charge in [-0.1, -0.05) is 13.0 Å². The summed E-state index contributed by atoms with van der Waals surface area (Å²) in [7, 11) is 3.04. The van der Waals surface area contributed by atoms with Crippen LogP contribution in [-0.2, 0) is 30.0 Å². The van der Waals surface area contributed by atoms with Crippen LogP contribution in [0.25, 0.3) is 0 Å². The van der Waals surface area contributed by atoms with Gasteiger partial charge < -0.3 is 10.5 Å². The van der Waals surface area contributed by atoms with Gasteiger partial charge in [-0.2, -0.15) is 0 Å². The SMILES string of the molecule is CCOC(=O)CS/C(C)=C\CC(C)Cc1c(N)c(=O)n(C)c(=O)n1C. The first-order valence-electron chi connectivity index (χ1n) is 8.18. The molecule has 1 rings (SSSR count). The van der Waals surface area contributed by atoms with Gasteiger partial charge in [0.05, 0.1) is 18.1 Å². The molecule has 25 heavy (non-hydrogen) atoms. The quantitative estimate of drug-likeness (QED) is 0.697. The highest BCUT2D eigenvalue weighted by atomic mass is 32.2. The molecular formula is C17H27N3O4S. The van der Waals surface area contributed by atoms with E-state index in [0.29, 0.717) is 24.5 Å². The summed E-state index contributed by atoms with van der Waals surface area (Å²) in [6, 6.07) is 0. The molecule has 1 unspecified atom stereocenters. The molecule has 8 heteroatoms. The van der Waals surface area contributed by atoms with Gasteiger partial charge >= 0.3 is 11.7 Å². The predicted molar refractivity (Wildman–Crippen MR) is 102 cm³/mol. The maximum Gasteiger partial charge on any atom is 0.330 e. The van der Waals surface area contributed by atoms with Crippen molar-refractivity contribution in [2.24, 2.45) is 20.0 Å². The van der Waals surface area contributed by atoms with Crippen LogP contribution in [0.15, 0.2) is 20.6 Å². The smallest absolute Gasteiger partial charge is 0.330 e. The van der Waals surface area contributed by atoms with E-state index in [1.807, 2.05) is 19.9 Å². The fraction of sp³-hybridized carbons (Fsp3) is 0.588. The van der Waals surface area contributed by atoms with E-state index in [9.17, 15) is 14.4 Å².